The number of hydrogen-bond acceptors (Lipinski definition) is 3. The summed E-state index contributed by atoms with van der Waals surface area (Å²) >= 11 is 5.81. The summed E-state index contributed by atoms with van der Waals surface area (Å²) < 4.78 is 0. The lowest BCUT2D eigenvalue weighted by Crippen LogP contribution is -2.51. The molecule has 0 bridgehead atoms. The Bertz CT molecular complexity index is 808. The third kappa shape index (κ3) is 5.32. The number of halogens is 1. The van der Waals surface area contributed by atoms with Crippen molar-refractivity contribution in [2.24, 2.45) is 0 Å². The monoisotopic (exact) mass is 359 g/mol. The quantitative estimate of drug-likeness (QED) is 0.731. The number of benzene rings is 2. The van der Waals surface area contributed by atoms with Crippen molar-refractivity contribution in [1.29, 1.82) is 0 Å². The van der Waals surface area contributed by atoms with Gasteiger partial charge in [0.1, 0.15) is 6.04 Å². The zero-order valence-electron chi connectivity index (χ0n) is 13.8. The minimum Gasteiger partial charge on any atom is -0.340 e. The molecular formula is C18H18ClN3O3. The Hall–Kier alpha value is -2.86. The van der Waals surface area contributed by atoms with Crippen LogP contribution in [0.1, 0.15) is 33.2 Å². The molecule has 0 aliphatic carbocycles. The molecule has 2 aromatic rings. The first kappa shape index (κ1) is 18.5. The lowest BCUT2D eigenvalue weighted by atomic mass is 10.1. The topological polar surface area (TPSA) is 87.3 Å². The Labute approximate surface area is 150 Å². The van der Waals surface area contributed by atoms with Crippen LogP contribution in [-0.2, 0) is 4.79 Å². The summed E-state index contributed by atoms with van der Waals surface area (Å²) in [5.74, 6) is -1.42. The van der Waals surface area contributed by atoms with Gasteiger partial charge in [-0.1, -0.05) is 35.4 Å². The molecule has 0 aliphatic heterocycles. The molecule has 0 unspecified atom stereocenters. The fourth-order valence-electron chi connectivity index (χ4n) is 2.06. The number of carbonyl (C=O) groups excluding carboxylic acids is 3. The zero-order chi connectivity index (χ0) is 18.4. The maximum absolute atomic E-state index is 12.1. The highest BCUT2D eigenvalue weighted by atomic mass is 35.5. The van der Waals surface area contributed by atoms with E-state index in [2.05, 4.69) is 16.2 Å². The van der Waals surface area contributed by atoms with Gasteiger partial charge < -0.3 is 5.32 Å². The molecule has 0 saturated heterocycles. The molecule has 1 atom stereocenters. The highest BCUT2D eigenvalue weighted by molar-refractivity contribution is 6.30. The predicted molar refractivity (Wildman–Crippen MR) is 95.2 cm³/mol. The summed E-state index contributed by atoms with van der Waals surface area (Å²) in [6.07, 6.45) is 0. The second kappa shape index (κ2) is 8.30. The first-order valence-corrected chi connectivity index (χ1v) is 7.98. The van der Waals surface area contributed by atoms with E-state index in [1.165, 1.54) is 13.0 Å². The van der Waals surface area contributed by atoms with Gasteiger partial charge in [0.2, 0.25) is 0 Å². The van der Waals surface area contributed by atoms with Crippen molar-refractivity contribution < 1.29 is 14.4 Å². The molecule has 6 nitrogen and oxygen atoms in total. The van der Waals surface area contributed by atoms with E-state index in [9.17, 15) is 14.4 Å². The van der Waals surface area contributed by atoms with Gasteiger partial charge in [-0.05, 0) is 44.2 Å². The second-order valence-electron chi connectivity index (χ2n) is 5.52. The average molecular weight is 360 g/mol. The van der Waals surface area contributed by atoms with Gasteiger partial charge in [-0.25, -0.2) is 0 Å². The number of hydrogen-bond donors (Lipinski definition) is 3. The molecule has 3 N–H and O–H groups in total. The molecule has 25 heavy (non-hydrogen) atoms. The van der Waals surface area contributed by atoms with E-state index in [4.69, 9.17) is 11.6 Å². The summed E-state index contributed by atoms with van der Waals surface area (Å²) in [6, 6.07) is 12.5. The van der Waals surface area contributed by atoms with Gasteiger partial charge in [-0.2, -0.15) is 0 Å². The maximum Gasteiger partial charge on any atom is 0.269 e. The third-order valence-corrected chi connectivity index (χ3v) is 3.64. The largest absolute Gasteiger partial charge is 0.340 e. The Morgan fingerprint density at radius 2 is 1.56 bits per heavy atom. The molecule has 3 amide bonds. The van der Waals surface area contributed by atoms with Gasteiger partial charge in [-0.3, -0.25) is 25.2 Å². The third-order valence-electron chi connectivity index (χ3n) is 3.41. The molecule has 7 heteroatoms. The van der Waals surface area contributed by atoms with Crippen molar-refractivity contribution in [2.45, 2.75) is 19.9 Å². The molecule has 0 aromatic heterocycles. The summed E-state index contributed by atoms with van der Waals surface area (Å²) in [6.45, 7) is 3.40. The minimum absolute atomic E-state index is 0.309. The van der Waals surface area contributed by atoms with Crippen LogP contribution >= 0.6 is 11.6 Å². The standard InChI is InChI=1S/C18H18ClN3O3/c1-11-5-3-6-13(9-11)17(24)20-12(2)16(23)21-22-18(25)14-7-4-8-15(19)10-14/h3-10,12H,1-2H3,(H,20,24)(H,21,23)(H,22,25)/t12-/m0/s1. The molecule has 130 valence electrons. The van der Waals surface area contributed by atoms with Crippen LogP contribution in [0.5, 0.6) is 0 Å². The molecule has 0 radical (unpaired) electrons. The molecule has 0 heterocycles. The average Bonchev–Trinajstić information content (AvgIpc) is 2.59. The number of aryl methyl sites for hydroxylation is 1. The van der Waals surface area contributed by atoms with E-state index in [1.54, 1.807) is 36.4 Å². The van der Waals surface area contributed by atoms with Crippen molar-refractivity contribution in [1.82, 2.24) is 16.2 Å². The van der Waals surface area contributed by atoms with Crippen LogP contribution in [0.3, 0.4) is 0 Å². The summed E-state index contributed by atoms with van der Waals surface area (Å²) in [4.78, 5) is 36.1. The van der Waals surface area contributed by atoms with Crippen LogP contribution in [0.25, 0.3) is 0 Å². The van der Waals surface area contributed by atoms with Crippen molar-refractivity contribution in [3.8, 4) is 0 Å². The lowest BCUT2D eigenvalue weighted by Gasteiger charge is -2.15. The zero-order valence-corrected chi connectivity index (χ0v) is 14.6. The molecule has 0 fully saturated rings. The van der Waals surface area contributed by atoms with E-state index < -0.39 is 17.9 Å². The van der Waals surface area contributed by atoms with Crippen LogP contribution in [-0.4, -0.2) is 23.8 Å². The van der Waals surface area contributed by atoms with Gasteiger partial charge in [0.05, 0.1) is 0 Å². The van der Waals surface area contributed by atoms with Crippen LogP contribution in [0.4, 0.5) is 0 Å². The summed E-state index contributed by atoms with van der Waals surface area (Å²) in [5, 5.41) is 2.99. The molecule has 0 saturated carbocycles. The highest BCUT2D eigenvalue weighted by Gasteiger charge is 2.17. The number of hydrazine groups is 1. The Kier molecular flexibility index (Phi) is 6.14. The molecular weight excluding hydrogens is 342 g/mol. The van der Waals surface area contributed by atoms with Crippen molar-refractivity contribution >= 4 is 29.3 Å². The summed E-state index contributed by atoms with van der Waals surface area (Å²) in [5.41, 5.74) is 6.27. The minimum atomic E-state index is -0.826. The van der Waals surface area contributed by atoms with Crippen LogP contribution in [0.2, 0.25) is 5.02 Å². The molecule has 2 aromatic carbocycles. The second-order valence-corrected chi connectivity index (χ2v) is 5.95. The maximum atomic E-state index is 12.1. The Morgan fingerprint density at radius 1 is 0.920 bits per heavy atom. The first-order chi connectivity index (χ1) is 11.9. The highest BCUT2D eigenvalue weighted by Crippen LogP contribution is 2.10. The lowest BCUT2D eigenvalue weighted by molar-refractivity contribution is -0.123. The Balaban J connectivity index is 1.88. The van der Waals surface area contributed by atoms with Crippen LogP contribution < -0.4 is 16.2 Å². The normalized spacial score (nSPS) is 11.3. The Morgan fingerprint density at radius 3 is 2.20 bits per heavy atom. The SMILES string of the molecule is Cc1cccc(C(=O)N[C@@H](C)C(=O)NNC(=O)c2cccc(Cl)c2)c1. The van der Waals surface area contributed by atoms with Crippen LogP contribution in [0.15, 0.2) is 48.5 Å². The van der Waals surface area contributed by atoms with Gasteiger partial charge in [0, 0.05) is 16.1 Å². The van der Waals surface area contributed by atoms with Gasteiger partial charge >= 0.3 is 0 Å². The number of carbonyl (C=O) groups is 3. The van der Waals surface area contributed by atoms with Crippen molar-refractivity contribution in [2.75, 3.05) is 0 Å². The smallest absolute Gasteiger partial charge is 0.269 e. The number of amides is 3. The van der Waals surface area contributed by atoms with Crippen molar-refractivity contribution in [3.63, 3.8) is 0 Å². The van der Waals surface area contributed by atoms with E-state index in [0.29, 0.717) is 16.1 Å². The molecule has 2 rings (SSSR count). The van der Waals surface area contributed by atoms with E-state index in [1.807, 2.05) is 13.0 Å². The van der Waals surface area contributed by atoms with E-state index >= 15 is 0 Å². The van der Waals surface area contributed by atoms with E-state index in [-0.39, 0.29) is 5.91 Å². The van der Waals surface area contributed by atoms with E-state index in [0.717, 1.165) is 5.56 Å². The predicted octanol–water partition coefficient (Wildman–Crippen LogP) is 2.23. The van der Waals surface area contributed by atoms with Crippen molar-refractivity contribution in [3.05, 3.63) is 70.2 Å². The van der Waals surface area contributed by atoms with Gasteiger partial charge in [0.25, 0.3) is 17.7 Å². The van der Waals surface area contributed by atoms with Gasteiger partial charge in [0.15, 0.2) is 0 Å². The fraction of sp³-hybridized carbons (Fsp3) is 0.167. The fourth-order valence-corrected chi connectivity index (χ4v) is 2.25. The first-order valence-electron chi connectivity index (χ1n) is 7.60. The van der Waals surface area contributed by atoms with Gasteiger partial charge in [-0.15, -0.1) is 0 Å². The molecule has 0 spiro atoms. The van der Waals surface area contributed by atoms with Crippen LogP contribution in [0, 0.1) is 6.92 Å². The molecule has 0 aliphatic rings. The number of rotatable bonds is 4. The number of nitrogens with one attached hydrogen (secondary N) is 3. The summed E-state index contributed by atoms with van der Waals surface area (Å²) in [7, 11) is 0.